The van der Waals surface area contributed by atoms with Crippen molar-refractivity contribution in [2.24, 2.45) is 4.99 Å². The third kappa shape index (κ3) is 5.63. The molecule has 76 valence electrons. The van der Waals surface area contributed by atoms with Crippen LogP contribution in [-0.4, -0.2) is 22.4 Å². The van der Waals surface area contributed by atoms with Gasteiger partial charge in [0.15, 0.2) is 0 Å². The molecule has 1 aliphatic rings. The van der Waals surface area contributed by atoms with Crippen LogP contribution >= 0.6 is 23.5 Å². The number of hydrogen-bond acceptors (Lipinski definition) is 3. The van der Waals surface area contributed by atoms with E-state index in [4.69, 9.17) is 0 Å². The number of hydrogen-bond donors (Lipinski definition) is 0. The van der Waals surface area contributed by atoms with Crippen molar-refractivity contribution in [1.29, 1.82) is 0 Å². The summed E-state index contributed by atoms with van der Waals surface area (Å²) in [5.41, 5.74) is 0. The van der Waals surface area contributed by atoms with Gasteiger partial charge in [-0.15, -0.1) is 0 Å². The number of rotatable bonds is 6. The monoisotopic (exact) mass is 217 g/mol. The molecular formula is C10H19NS2. The van der Waals surface area contributed by atoms with Crippen LogP contribution in [0.2, 0.25) is 0 Å². The standard InChI is InChI=1S/C10H19NS2/c1-2-3-4-5-6-8-12-10-11-7-9-13-10/h2-9H2,1H3. The minimum Gasteiger partial charge on any atom is -0.271 e. The van der Waals surface area contributed by atoms with Gasteiger partial charge in [0, 0.05) is 5.75 Å². The lowest BCUT2D eigenvalue weighted by atomic mass is 10.2. The van der Waals surface area contributed by atoms with Gasteiger partial charge in [0.1, 0.15) is 4.38 Å². The topological polar surface area (TPSA) is 12.4 Å². The number of aliphatic imine (C=N–C) groups is 1. The summed E-state index contributed by atoms with van der Waals surface area (Å²) in [6.07, 6.45) is 6.93. The summed E-state index contributed by atoms with van der Waals surface area (Å²) in [5.74, 6) is 2.48. The number of nitrogens with zero attached hydrogens (tertiary/aromatic N) is 1. The first-order valence-corrected chi connectivity index (χ1v) is 7.20. The van der Waals surface area contributed by atoms with Gasteiger partial charge in [-0.05, 0) is 12.2 Å². The van der Waals surface area contributed by atoms with Crippen molar-refractivity contribution >= 4 is 27.9 Å². The first-order chi connectivity index (χ1) is 6.43. The molecule has 0 unspecified atom stereocenters. The normalized spacial score (nSPS) is 16.2. The Labute approximate surface area is 90.2 Å². The van der Waals surface area contributed by atoms with E-state index < -0.39 is 0 Å². The fourth-order valence-corrected chi connectivity index (χ4v) is 3.35. The van der Waals surface area contributed by atoms with Gasteiger partial charge in [0.25, 0.3) is 0 Å². The Hall–Kier alpha value is 0.370. The summed E-state index contributed by atoms with van der Waals surface area (Å²) < 4.78 is 1.33. The Morgan fingerprint density at radius 1 is 1.31 bits per heavy atom. The molecule has 0 atom stereocenters. The fraction of sp³-hybridized carbons (Fsp3) is 0.900. The van der Waals surface area contributed by atoms with Crippen LogP contribution in [0.1, 0.15) is 39.0 Å². The van der Waals surface area contributed by atoms with Gasteiger partial charge in [0.2, 0.25) is 0 Å². The van der Waals surface area contributed by atoms with E-state index in [1.54, 1.807) is 0 Å². The van der Waals surface area contributed by atoms with Gasteiger partial charge in [-0.3, -0.25) is 4.99 Å². The molecule has 0 aromatic rings. The van der Waals surface area contributed by atoms with Gasteiger partial charge in [-0.2, -0.15) is 0 Å². The molecule has 0 spiro atoms. The Morgan fingerprint density at radius 3 is 2.85 bits per heavy atom. The molecule has 0 aromatic carbocycles. The molecule has 0 bridgehead atoms. The van der Waals surface area contributed by atoms with Crippen LogP contribution in [0.3, 0.4) is 0 Å². The third-order valence-corrected chi connectivity index (χ3v) is 4.37. The van der Waals surface area contributed by atoms with Crippen LogP contribution in [0, 0.1) is 0 Å². The molecule has 0 N–H and O–H groups in total. The molecule has 0 amide bonds. The zero-order chi connectivity index (χ0) is 9.36. The number of thioether (sulfide) groups is 2. The molecule has 0 radical (unpaired) electrons. The molecule has 1 nitrogen and oxygen atoms in total. The maximum atomic E-state index is 4.41. The quantitative estimate of drug-likeness (QED) is 0.628. The zero-order valence-electron chi connectivity index (χ0n) is 8.42. The highest BCUT2D eigenvalue weighted by Crippen LogP contribution is 2.23. The van der Waals surface area contributed by atoms with Gasteiger partial charge < -0.3 is 0 Å². The van der Waals surface area contributed by atoms with E-state index in [1.807, 2.05) is 23.5 Å². The Balaban J connectivity index is 1.83. The third-order valence-electron chi connectivity index (χ3n) is 2.03. The molecule has 1 heterocycles. The zero-order valence-corrected chi connectivity index (χ0v) is 10.1. The molecule has 0 fully saturated rings. The van der Waals surface area contributed by atoms with Crippen molar-refractivity contribution in [1.82, 2.24) is 0 Å². The largest absolute Gasteiger partial charge is 0.271 e. The fourth-order valence-electron chi connectivity index (χ4n) is 1.27. The second-order valence-corrected chi connectivity index (χ2v) is 5.68. The van der Waals surface area contributed by atoms with Crippen LogP contribution in [-0.2, 0) is 0 Å². The molecule has 0 saturated carbocycles. The summed E-state index contributed by atoms with van der Waals surface area (Å²) in [6.45, 7) is 3.31. The Morgan fingerprint density at radius 2 is 2.15 bits per heavy atom. The van der Waals surface area contributed by atoms with E-state index >= 15 is 0 Å². The average Bonchev–Trinajstić information content (AvgIpc) is 2.63. The molecular weight excluding hydrogens is 198 g/mol. The molecule has 0 aliphatic carbocycles. The minimum absolute atomic E-state index is 1.04. The summed E-state index contributed by atoms with van der Waals surface area (Å²) in [4.78, 5) is 4.41. The Bertz CT molecular complexity index is 157. The van der Waals surface area contributed by atoms with Crippen molar-refractivity contribution in [3.05, 3.63) is 0 Å². The smallest absolute Gasteiger partial charge is 0.124 e. The summed E-state index contributed by atoms with van der Waals surface area (Å²) in [6, 6.07) is 0. The first-order valence-electron chi connectivity index (χ1n) is 5.23. The average molecular weight is 217 g/mol. The molecule has 1 aliphatic heterocycles. The molecule has 3 heteroatoms. The van der Waals surface area contributed by atoms with Crippen molar-refractivity contribution in [2.45, 2.75) is 39.0 Å². The van der Waals surface area contributed by atoms with E-state index in [2.05, 4.69) is 11.9 Å². The molecule has 13 heavy (non-hydrogen) atoms. The maximum absolute atomic E-state index is 4.41. The molecule has 0 aromatic heterocycles. The Kier molecular flexibility index (Phi) is 6.82. The van der Waals surface area contributed by atoms with Gasteiger partial charge in [0.05, 0.1) is 6.54 Å². The van der Waals surface area contributed by atoms with Gasteiger partial charge in [-0.1, -0.05) is 56.1 Å². The summed E-state index contributed by atoms with van der Waals surface area (Å²) >= 11 is 3.88. The predicted octanol–water partition coefficient (Wildman–Crippen LogP) is 3.79. The van der Waals surface area contributed by atoms with Crippen LogP contribution in [0.15, 0.2) is 4.99 Å². The highest BCUT2D eigenvalue weighted by molar-refractivity contribution is 8.39. The van der Waals surface area contributed by atoms with Crippen LogP contribution < -0.4 is 0 Å². The van der Waals surface area contributed by atoms with Crippen molar-refractivity contribution in [3.8, 4) is 0 Å². The van der Waals surface area contributed by atoms with Crippen LogP contribution in [0.5, 0.6) is 0 Å². The lowest BCUT2D eigenvalue weighted by molar-refractivity contribution is 0.660. The minimum atomic E-state index is 1.04. The highest BCUT2D eigenvalue weighted by Gasteiger charge is 2.06. The van der Waals surface area contributed by atoms with E-state index in [0.717, 1.165) is 6.54 Å². The lowest BCUT2D eigenvalue weighted by Gasteiger charge is -1.99. The number of unbranched alkanes of at least 4 members (excludes halogenated alkanes) is 4. The first kappa shape index (κ1) is 11.4. The SMILES string of the molecule is CCCCCCCSC1=NCCS1. The molecule has 1 rings (SSSR count). The maximum Gasteiger partial charge on any atom is 0.124 e. The predicted molar refractivity (Wildman–Crippen MR) is 66.0 cm³/mol. The van der Waals surface area contributed by atoms with Gasteiger partial charge >= 0.3 is 0 Å². The second kappa shape index (κ2) is 7.74. The van der Waals surface area contributed by atoms with E-state index in [1.165, 1.54) is 48.0 Å². The van der Waals surface area contributed by atoms with Crippen molar-refractivity contribution in [2.75, 3.05) is 18.1 Å². The summed E-state index contributed by atoms with van der Waals surface area (Å²) in [5, 5.41) is 0. The van der Waals surface area contributed by atoms with Crippen molar-refractivity contribution in [3.63, 3.8) is 0 Å². The van der Waals surface area contributed by atoms with E-state index in [-0.39, 0.29) is 0 Å². The lowest BCUT2D eigenvalue weighted by Crippen LogP contribution is -1.85. The molecule has 0 saturated heterocycles. The second-order valence-electron chi connectivity index (χ2n) is 3.26. The van der Waals surface area contributed by atoms with Gasteiger partial charge in [-0.25, -0.2) is 0 Å². The van der Waals surface area contributed by atoms with E-state index in [0.29, 0.717) is 0 Å². The summed E-state index contributed by atoms with van der Waals surface area (Å²) in [7, 11) is 0. The van der Waals surface area contributed by atoms with Crippen LogP contribution in [0.25, 0.3) is 0 Å². The van der Waals surface area contributed by atoms with E-state index in [9.17, 15) is 0 Å². The van der Waals surface area contributed by atoms with Crippen LogP contribution in [0.4, 0.5) is 0 Å². The highest BCUT2D eigenvalue weighted by atomic mass is 32.2. The van der Waals surface area contributed by atoms with Crippen molar-refractivity contribution < 1.29 is 0 Å².